The van der Waals surface area contributed by atoms with Crippen LogP contribution in [0.4, 0.5) is 11.4 Å². The number of halogens is 2. The first kappa shape index (κ1) is 26.0. The van der Waals surface area contributed by atoms with Gasteiger partial charge in [-0.15, -0.1) is 24.8 Å². The van der Waals surface area contributed by atoms with E-state index < -0.39 is 0 Å². The van der Waals surface area contributed by atoms with Crippen molar-refractivity contribution in [2.24, 2.45) is 0 Å². The SMILES string of the molecule is Cl.Cl.O=C(CC1CSCCN1)Nc1ccc(NC(=O)CN2CCCCCC2)cc1. The summed E-state index contributed by atoms with van der Waals surface area (Å²) in [5.74, 6) is 2.14. The van der Waals surface area contributed by atoms with Crippen molar-refractivity contribution >= 4 is 59.8 Å². The van der Waals surface area contributed by atoms with Crippen molar-refractivity contribution in [1.29, 1.82) is 0 Å². The monoisotopic (exact) mass is 462 g/mol. The highest BCUT2D eigenvalue weighted by molar-refractivity contribution is 7.99. The van der Waals surface area contributed by atoms with Crippen molar-refractivity contribution in [2.45, 2.75) is 38.1 Å². The summed E-state index contributed by atoms with van der Waals surface area (Å²) < 4.78 is 0. The van der Waals surface area contributed by atoms with Gasteiger partial charge in [0.2, 0.25) is 11.8 Å². The van der Waals surface area contributed by atoms with E-state index in [1.165, 1.54) is 25.7 Å². The van der Waals surface area contributed by atoms with Crippen LogP contribution < -0.4 is 16.0 Å². The molecule has 2 aliphatic heterocycles. The fraction of sp³-hybridized carbons (Fsp3) is 0.600. The Balaban J connectivity index is 0.00000210. The summed E-state index contributed by atoms with van der Waals surface area (Å²) in [5.41, 5.74) is 1.52. The molecule has 2 amide bonds. The van der Waals surface area contributed by atoms with Crippen LogP contribution >= 0.6 is 36.6 Å². The average molecular weight is 463 g/mol. The Morgan fingerprint density at radius 3 is 2.10 bits per heavy atom. The van der Waals surface area contributed by atoms with Crippen LogP contribution in [0.2, 0.25) is 0 Å². The van der Waals surface area contributed by atoms with E-state index >= 15 is 0 Å². The Labute approximate surface area is 190 Å². The maximum atomic E-state index is 12.2. The lowest BCUT2D eigenvalue weighted by Gasteiger charge is -2.22. The van der Waals surface area contributed by atoms with Crippen molar-refractivity contribution in [1.82, 2.24) is 10.2 Å². The number of nitrogens with one attached hydrogen (secondary N) is 3. The van der Waals surface area contributed by atoms with Crippen LogP contribution in [0.15, 0.2) is 24.3 Å². The minimum atomic E-state index is 0. The number of amides is 2. The smallest absolute Gasteiger partial charge is 0.238 e. The molecule has 164 valence electrons. The standard InChI is InChI=1S/C20H30N4O2S.2ClH/c25-19(13-18-15-27-12-9-21-18)22-16-5-7-17(8-6-16)23-20(26)14-24-10-3-1-2-4-11-24;;/h5-8,18,21H,1-4,9-15H2,(H,22,25)(H,23,26);2*1H. The van der Waals surface area contributed by atoms with Crippen LogP contribution in [-0.4, -0.2) is 60.4 Å². The first-order valence-electron chi connectivity index (χ1n) is 9.92. The summed E-state index contributed by atoms with van der Waals surface area (Å²) in [5, 5.41) is 9.25. The molecule has 2 heterocycles. The minimum Gasteiger partial charge on any atom is -0.326 e. The molecular weight excluding hydrogens is 431 g/mol. The molecule has 2 aliphatic rings. The normalized spacial score (nSPS) is 19.8. The van der Waals surface area contributed by atoms with Gasteiger partial charge in [0, 0.05) is 41.9 Å². The van der Waals surface area contributed by atoms with Gasteiger partial charge in [0.25, 0.3) is 0 Å². The van der Waals surface area contributed by atoms with E-state index in [9.17, 15) is 9.59 Å². The third kappa shape index (κ3) is 9.57. The van der Waals surface area contributed by atoms with E-state index in [4.69, 9.17) is 0 Å². The summed E-state index contributed by atoms with van der Waals surface area (Å²) in [7, 11) is 0. The van der Waals surface area contributed by atoms with E-state index in [0.717, 1.165) is 42.5 Å². The predicted molar refractivity (Wildman–Crippen MR) is 127 cm³/mol. The molecule has 2 fully saturated rings. The second-order valence-electron chi connectivity index (χ2n) is 7.29. The highest BCUT2D eigenvalue weighted by Crippen LogP contribution is 2.16. The highest BCUT2D eigenvalue weighted by Gasteiger charge is 2.17. The number of likely N-dealkylation sites (tertiary alicyclic amines) is 1. The van der Waals surface area contributed by atoms with Gasteiger partial charge >= 0.3 is 0 Å². The fourth-order valence-electron chi connectivity index (χ4n) is 3.52. The van der Waals surface area contributed by atoms with Gasteiger partial charge in [-0.05, 0) is 50.2 Å². The van der Waals surface area contributed by atoms with E-state index in [2.05, 4.69) is 20.9 Å². The van der Waals surface area contributed by atoms with Gasteiger partial charge in [-0.25, -0.2) is 0 Å². The fourth-order valence-corrected chi connectivity index (χ4v) is 4.47. The zero-order valence-electron chi connectivity index (χ0n) is 16.7. The van der Waals surface area contributed by atoms with Crippen LogP contribution in [0.1, 0.15) is 32.1 Å². The molecule has 3 N–H and O–H groups in total. The third-order valence-electron chi connectivity index (χ3n) is 4.95. The lowest BCUT2D eigenvalue weighted by Crippen LogP contribution is -2.39. The Kier molecular flexibility index (Phi) is 12.7. The van der Waals surface area contributed by atoms with E-state index in [0.29, 0.717) is 13.0 Å². The second-order valence-corrected chi connectivity index (χ2v) is 8.44. The number of thioether (sulfide) groups is 1. The van der Waals surface area contributed by atoms with Gasteiger partial charge in [-0.2, -0.15) is 11.8 Å². The second kappa shape index (κ2) is 14.1. The minimum absolute atomic E-state index is 0. The number of hydrogen-bond acceptors (Lipinski definition) is 5. The number of hydrogen-bond donors (Lipinski definition) is 3. The quantitative estimate of drug-likeness (QED) is 0.603. The van der Waals surface area contributed by atoms with Gasteiger partial charge in [0.05, 0.1) is 6.54 Å². The molecule has 1 atom stereocenters. The van der Waals surface area contributed by atoms with Crippen molar-refractivity contribution in [3.8, 4) is 0 Å². The Bertz CT molecular complexity index is 619. The number of rotatable bonds is 6. The summed E-state index contributed by atoms with van der Waals surface area (Å²) >= 11 is 1.89. The number of nitrogens with zero attached hydrogens (tertiary/aromatic N) is 1. The molecule has 1 aromatic carbocycles. The first-order valence-corrected chi connectivity index (χ1v) is 11.1. The third-order valence-corrected chi connectivity index (χ3v) is 6.08. The summed E-state index contributed by atoms with van der Waals surface area (Å²) in [4.78, 5) is 26.6. The van der Waals surface area contributed by atoms with Gasteiger partial charge in [-0.1, -0.05) is 12.8 Å². The highest BCUT2D eigenvalue weighted by atomic mass is 35.5. The Hall–Kier alpha value is -0.990. The molecular formula is C20H32Cl2N4O2S. The Morgan fingerprint density at radius 2 is 1.55 bits per heavy atom. The van der Waals surface area contributed by atoms with Gasteiger partial charge in [0.1, 0.15) is 0 Å². The number of benzene rings is 1. The zero-order valence-corrected chi connectivity index (χ0v) is 19.1. The molecule has 2 saturated heterocycles. The van der Waals surface area contributed by atoms with Gasteiger partial charge in [-0.3, -0.25) is 14.5 Å². The van der Waals surface area contributed by atoms with Gasteiger partial charge < -0.3 is 16.0 Å². The summed E-state index contributed by atoms with van der Waals surface area (Å²) in [6.07, 6.45) is 5.37. The molecule has 3 rings (SSSR count). The van der Waals surface area contributed by atoms with E-state index in [1.54, 1.807) is 0 Å². The molecule has 0 aliphatic carbocycles. The molecule has 9 heteroatoms. The largest absolute Gasteiger partial charge is 0.326 e. The molecule has 1 aromatic rings. The topological polar surface area (TPSA) is 73.5 Å². The van der Waals surface area contributed by atoms with Crippen molar-refractivity contribution in [3.05, 3.63) is 24.3 Å². The van der Waals surface area contributed by atoms with Crippen LogP contribution in [0, 0.1) is 0 Å². The molecule has 0 aromatic heterocycles. The maximum absolute atomic E-state index is 12.2. The predicted octanol–water partition coefficient (Wildman–Crippen LogP) is 3.38. The summed E-state index contributed by atoms with van der Waals surface area (Å²) in [6, 6.07) is 7.60. The zero-order chi connectivity index (χ0) is 18.9. The number of carbonyl (C=O) groups excluding carboxylic acids is 2. The molecule has 29 heavy (non-hydrogen) atoms. The van der Waals surface area contributed by atoms with Crippen molar-refractivity contribution in [2.75, 3.05) is 48.3 Å². The molecule has 0 saturated carbocycles. The molecule has 6 nitrogen and oxygen atoms in total. The lowest BCUT2D eigenvalue weighted by molar-refractivity contribution is -0.117. The Morgan fingerprint density at radius 1 is 0.966 bits per heavy atom. The average Bonchev–Trinajstić information content (AvgIpc) is 2.93. The molecule has 0 spiro atoms. The van der Waals surface area contributed by atoms with Crippen LogP contribution in [0.5, 0.6) is 0 Å². The lowest BCUT2D eigenvalue weighted by atomic mass is 10.2. The van der Waals surface area contributed by atoms with E-state index in [1.807, 2.05) is 36.0 Å². The molecule has 0 radical (unpaired) electrons. The van der Waals surface area contributed by atoms with Crippen LogP contribution in [0.25, 0.3) is 0 Å². The number of carbonyl (C=O) groups is 2. The van der Waals surface area contributed by atoms with E-state index in [-0.39, 0.29) is 42.7 Å². The van der Waals surface area contributed by atoms with Crippen LogP contribution in [0.3, 0.4) is 0 Å². The van der Waals surface area contributed by atoms with Crippen molar-refractivity contribution in [3.63, 3.8) is 0 Å². The molecule has 0 bridgehead atoms. The maximum Gasteiger partial charge on any atom is 0.238 e. The molecule has 1 unspecified atom stereocenters. The van der Waals surface area contributed by atoms with Crippen molar-refractivity contribution < 1.29 is 9.59 Å². The number of anilines is 2. The first-order chi connectivity index (χ1) is 13.2. The van der Waals surface area contributed by atoms with Gasteiger partial charge in [0.15, 0.2) is 0 Å². The van der Waals surface area contributed by atoms with Crippen LogP contribution in [-0.2, 0) is 9.59 Å². The summed E-state index contributed by atoms with van der Waals surface area (Å²) in [6.45, 7) is 3.43.